The van der Waals surface area contributed by atoms with Gasteiger partial charge in [-0.2, -0.15) is 0 Å². The van der Waals surface area contributed by atoms with Gasteiger partial charge in [-0.25, -0.2) is 4.79 Å². The first kappa shape index (κ1) is 20.4. The SMILES string of the molecule is C[N+]1(C)[C@@H]2CC[C@H]1C[C@@H](OC(=O)N(Cc1ccccc1)c1cccs1)C2.[Br-]. The molecule has 4 rings (SSSR count). The molecule has 4 nitrogen and oxygen atoms in total. The zero-order valence-electron chi connectivity index (χ0n) is 15.9. The van der Waals surface area contributed by atoms with Gasteiger partial charge in [-0.15, -0.1) is 11.3 Å². The third kappa shape index (κ3) is 4.23. The van der Waals surface area contributed by atoms with Gasteiger partial charge in [0.2, 0.25) is 0 Å². The summed E-state index contributed by atoms with van der Waals surface area (Å²) in [5, 5.41) is 2.94. The molecule has 27 heavy (non-hydrogen) atoms. The number of carbonyl (C=O) groups is 1. The number of quaternary nitrogens is 1. The van der Waals surface area contributed by atoms with Crippen LogP contribution in [0.4, 0.5) is 9.80 Å². The molecular formula is C21H27BrN2O2S. The van der Waals surface area contributed by atoms with Crippen LogP contribution in [-0.2, 0) is 11.3 Å². The van der Waals surface area contributed by atoms with Gasteiger partial charge in [0.1, 0.15) is 11.1 Å². The number of fused-ring (bicyclic) bond motifs is 2. The molecule has 2 bridgehead atoms. The summed E-state index contributed by atoms with van der Waals surface area (Å²) in [5.74, 6) is 0. The summed E-state index contributed by atoms with van der Waals surface area (Å²) in [7, 11) is 4.65. The fraction of sp³-hybridized carbons (Fsp3) is 0.476. The molecule has 3 heterocycles. The molecule has 0 radical (unpaired) electrons. The van der Waals surface area contributed by atoms with Crippen LogP contribution < -0.4 is 21.9 Å². The lowest BCUT2D eigenvalue weighted by atomic mass is 9.98. The first-order chi connectivity index (χ1) is 12.5. The van der Waals surface area contributed by atoms with Gasteiger partial charge in [0.25, 0.3) is 0 Å². The molecule has 3 atom stereocenters. The number of nitrogens with zero attached hydrogens (tertiary/aromatic N) is 2. The molecule has 2 aliphatic heterocycles. The molecule has 146 valence electrons. The second-order valence-electron chi connectivity index (χ2n) is 8.01. The molecule has 2 aromatic rings. The van der Waals surface area contributed by atoms with Crippen molar-refractivity contribution in [3.63, 3.8) is 0 Å². The average molecular weight is 451 g/mol. The van der Waals surface area contributed by atoms with Crippen molar-refractivity contribution in [1.82, 2.24) is 0 Å². The maximum Gasteiger partial charge on any atom is 0.415 e. The topological polar surface area (TPSA) is 29.5 Å². The minimum absolute atomic E-state index is 0. The van der Waals surface area contributed by atoms with Crippen molar-refractivity contribution in [2.75, 3.05) is 19.0 Å². The largest absolute Gasteiger partial charge is 1.00 e. The number of halogens is 1. The highest BCUT2D eigenvalue weighted by Crippen LogP contribution is 2.40. The summed E-state index contributed by atoms with van der Waals surface area (Å²) in [6.45, 7) is 0.543. The van der Waals surface area contributed by atoms with E-state index in [1.807, 2.05) is 35.7 Å². The monoisotopic (exact) mass is 450 g/mol. The summed E-state index contributed by atoms with van der Waals surface area (Å²) in [6.07, 6.45) is 4.31. The van der Waals surface area contributed by atoms with E-state index in [4.69, 9.17) is 4.74 Å². The molecule has 0 aliphatic carbocycles. The standard InChI is InChI=1S/C21H27N2O2S.BrH/c1-23(2)17-10-11-18(23)14-19(13-17)25-21(24)22(20-9-6-12-26-20)15-16-7-4-3-5-8-16;/h3-9,12,17-19H,10-11,13-15H2,1-2H3;1H/q+1;/p-1/t17-,18+,19+;. The highest BCUT2D eigenvalue weighted by molar-refractivity contribution is 7.14. The Morgan fingerprint density at radius 1 is 1.11 bits per heavy atom. The van der Waals surface area contributed by atoms with Gasteiger partial charge < -0.3 is 26.2 Å². The Bertz CT molecular complexity index is 735. The molecular weight excluding hydrogens is 424 g/mol. The van der Waals surface area contributed by atoms with E-state index >= 15 is 0 Å². The van der Waals surface area contributed by atoms with E-state index in [0.29, 0.717) is 18.6 Å². The first-order valence-electron chi connectivity index (χ1n) is 9.43. The van der Waals surface area contributed by atoms with Crippen LogP contribution >= 0.6 is 11.3 Å². The molecule has 2 fully saturated rings. The van der Waals surface area contributed by atoms with E-state index in [1.54, 1.807) is 16.2 Å². The number of benzene rings is 1. The van der Waals surface area contributed by atoms with Crippen molar-refractivity contribution in [2.24, 2.45) is 0 Å². The Hall–Kier alpha value is -1.37. The Morgan fingerprint density at radius 3 is 2.37 bits per heavy atom. The molecule has 1 amide bonds. The lowest BCUT2D eigenvalue weighted by Crippen LogP contribution is -3.00. The number of rotatable bonds is 4. The average Bonchev–Trinajstić information content (AvgIpc) is 3.17. The van der Waals surface area contributed by atoms with Crippen LogP contribution in [-0.4, -0.2) is 42.9 Å². The fourth-order valence-corrected chi connectivity index (χ4v) is 5.27. The van der Waals surface area contributed by atoms with Crippen molar-refractivity contribution in [1.29, 1.82) is 0 Å². The summed E-state index contributed by atoms with van der Waals surface area (Å²) >= 11 is 1.58. The van der Waals surface area contributed by atoms with E-state index < -0.39 is 0 Å². The van der Waals surface area contributed by atoms with Gasteiger partial charge in [0.15, 0.2) is 0 Å². The van der Waals surface area contributed by atoms with Crippen LogP contribution in [0.3, 0.4) is 0 Å². The van der Waals surface area contributed by atoms with Crippen LogP contribution in [0.1, 0.15) is 31.2 Å². The summed E-state index contributed by atoms with van der Waals surface area (Å²) in [5.41, 5.74) is 1.11. The van der Waals surface area contributed by atoms with E-state index in [0.717, 1.165) is 27.9 Å². The van der Waals surface area contributed by atoms with Gasteiger partial charge in [-0.1, -0.05) is 30.3 Å². The molecule has 2 aliphatic rings. The van der Waals surface area contributed by atoms with Gasteiger partial charge in [-0.05, 0) is 23.1 Å². The summed E-state index contributed by atoms with van der Waals surface area (Å²) < 4.78 is 7.10. The predicted octanol–water partition coefficient (Wildman–Crippen LogP) is 1.67. The van der Waals surface area contributed by atoms with Gasteiger partial charge in [-0.3, -0.25) is 4.90 Å². The van der Waals surface area contributed by atoms with Crippen LogP contribution in [0.2, 0.25) is 0 Å². The second kappa shape index (κ2) is 8.33. The zero-order chi connectivity index (χ0) is 18.1. The second-order valence-corrected chi connectivity index (χ2v) is 8.94. The Kier molecular flexibility index (Phi) is 6.28. The van der Waals surface area contributed by atoms with Crippen molar-refractivity contribution in [2.45, 2.75) is 50.4 Å². The molecule has 2 saturated heterocycles. The molecule has 6 heteroatoms. The highest BCUT2D eigenvalue weighted by Gasteiger charge is 2.50. The number of carbonyl (C=O) groups excluding carboxylic acids is 1. The van der Waals surface area contributed by atoms with Crippen LogP contribution in [0.5, 0.6) is 0 Å². The van der Waals surface area contributed by atoms with E-state index in [2.05, 4.69) is 26.2 Å². The Morgan fingerprint density at radius 2 is 1.78 bits per heavy atom. The van der Waals surface area contributed by atoms with E-state index in [9.17, 15) is 4.79 Å². The number of ether oxygens (including phenoxy) is 1. The number of anilines is 1. The molecule has 1 aromatic heterocycles. The molecule has 1 aromatic carbocycles. The molecule has 0 N–H and O–H groups in total. The van der Waals surface area contributed by atoms with Gasteiger partial charge >= 0.3 is 6.09 Å². The number of hydrogen-bond acceptors (Lipinski definition) is 3. The number of thiophene rings is 1. The zero-order valence-corrected chi connectivity index (χ0v) is 18.3. The van der Waals surface area contributed by atoms with E-state index in [1.165, 1.54) is 12.8 Å². The number of hydrogen-bond donors (Lipinski definition) is 0. The number of amides is 1. The third-order valence-corrected chi connectivity index (χ3v) is 7.12. The van der Waals surface area contributed by atoms with Gasteiger partial charge in [0.05, 0.1) is 32.7 Å². The maximum absolute atomic E-state index is 13.0. The number of piperidine rings is 1. The molecule has 0 spiro atoms. The lowest BCUT2D eigenvalue weighted by molar-refractivity contribution is -0.931. The van der Waals surface area contributed by atoms with Crippen molar-refractivity contribution in [3.8, 4) is 0 Å². The lowest BCUT2D eigenvalue weighted by Gasteiger charge is -2.44. The van der Waals surface area contributed by atoms with E-state index in [-0.39, 0.29) is 29.2 Å². The molecule has 0 unspecified atom stereocenters. The van der Waals surface area contributed by atoms with Crippen molar-refractivity contribution in [3.05, 3.63) is 53.4 Å². The highest BCUT2D eigenvalue weighted by atomic mass is 79.9. The minimum Gasteiger partial charge on any atom is -1.00 e. The fourth-order valence-electron chi connectivity index (χ4n) is 4.55. The van der Waals surface area contributed by atoms with Crippen LogP contribution in [0, 0.1) is 0 Å². The Labute approximate surface area is 176 Å². The third-order valence-electron chi connectivity index (χ3n) is 6.23. The first-order valence-corrected chi connectivity index (χ1v) is 10.3. The normalized spacial score (nSPS) is 25.5. The van der Waals surface area contributed by atoms with Crippen LogP contribution in [0.25, 0.3) is 0 Å². The minimum atomic E-state index is -0.215. The quantitative estimate of drug-likeness (QED) is 0.662. The smallest absolute Gasteiger partial charge is 0.415 e. The van der Waals surface area contributed by atoms with Crippen molar-refractivity contribution < 1.29 is 31.0 Å². The summed E-state index contributed by atoms with van der Waals surface area (Å²) in [6, 6.07) is 15.3. The van der Waals surface area contributed by atoms with Crippen molar-refractivity contribution >= 4 is 22.4 Å². The van der Waals surface area contributed by atoms with Gasteiger partial charge in [0, 0.05) is 25.7 Å². The van der Waals surface area contributed by atoms with Crippen LogP contribution in [0.15, 0.2) is 47.8 Å². The Balaban J connectivity index is 0.00000210. The maximum atomic E-state index is 13.0. The summed E-state index contributed by atoms with van der Waals surface area (Å²) in [4.78, 5) is 14.8. The predicted molar refractivity (Wildman–Crippen MR) is 105 cm³/mol. The molecule has 0 saturated carbocycles.